The molecule has 1 aromatic carbocycles. The molecular formula is C29H36Cl2N4. The second-order valence-electron chi connectivity index (χ2n) is 9.66. The molecule has 6 heteroatoms. The van der Waals surface area contributed by atoms with E-state index in [1.54, 1.807) is 0 Å². The van der Waals surface area contributed by atoms with Crippen molar-refractivity contribution in [2.75, 3.05) is 32.7 Å². The topological polar surface area (TPSA) is 45.4 Å². The lowest BCUT2D eigenvalue weighted by Crippen LogP contribution is -2.45. The Morgan fingerprint density at radius 3 is 2.54 bits per heavy atom. The van der Waals surface area contributed by atoms with Crippen LogP contribution in [0.15, 0.2) is 65.9 Å². The molecule has 2 aromatic rings. The van der Waals surface area contributed by atoms with Crippen LogP contribution in [0.2, 0.25) is 5.02 Å². The van der Waals surface area contributed by atoms with Crippen LogP contribution < -0.4 is 5.73 Å². The van der Waals surface area contributed by atoms with Crippen molar-refractivity contribution in [3.05, 3.63) is 87.7 Å². The van der Waals surface area contributed by atoms with E-state index in [0.717, 1.165) is 84.4 Å². The van der Waals surface area contributed by atoms with E-state index in [1.165, 1.54) is 5.56 Å². The fourth-order valence-electron chi connectivity index (χ4n) is 5.19. The Hall–Kier alpha value is -2.11. The van der Waals surface area contributed by atoms with Crippen molar-refractivity contribution < 1.29 is 0 Å². The number of piperazine rings is 1. The average Bonchev–Trinajstić information content (AvgIpc) is 2.83. The predicted molar refractivity (Wildman–Crippen MR) is 149 cm³/mol. The molecule has 0 amide bonds. The van der Waals surface area contributed by atoms with Gasteiger partial charge in [0.1, 0.15) is 0 Å². The van der Waals surface area contributed by atoms with E-state index in [1.807, 2.05) is 19.1 Å². The summed E-state index contributed by atoms with van der Waals surface area (Å²) in [5.74, 6) is -0.238. The molecule has 0 spiro atoms. The van der Waals surface area contributed by atoms with Gasteiger partial charge in [0.15, 0.2) is 0 Å². The van der Waals surface area contributed by atoms with Gasteiger partial charge in [0.05, 0.1) is 22.7 Å². The highest BCUT2D eigenvalue weighted by Gasteiger charge is 2.29. The third kappa shape index (κ3) is 5.83. The maximum atomic E-state index is 6.83. The first-order valence-corrected chi connectivity index (χ1v) is 13.3. The summed E-state index contributed by atoms with van der Waals surface area (Å²) < 4.78 is 0. The van der Waals surface area contributed by atoms with Gasteiger partial charge in [-0.25, -0.2) is 0 Å². The summed E-state index contributed by atoms with van der Waals surface area (Å²) in [4.78, 5) is 10.2. The average molecular weight is 512 g/mol. The predicted octanol–water partition coefficient (Wildman–Crippen LogP) is 6.29. The quantitative estimate of drug-likeness (QED) is 0.444. The lowest BCUT2D eigenvalue weighted by Gasteiger charge is -2.34. The second-order valence-corrected chi connectivity index (χ2v) is 10.6. The molecule has 4 rings (SSSR count). The summed E-state index contributed by atoms with van der Waals surface area (Å²) in [6, 6.07) is 10.4. The fraction of sp³-hybridized carbons (Fsp3) is 0.414. The van der Waals surface area contributed by atoms with Gasteiger partial charge in [0.2, 0.25) is 0 Å². The van der Waals surface area contributed by atoms with Crippen molar-refractivity contribution in [3.63, 3.8) is 0 Å². The van der Waals surface area contributed by atoms with E-state index in [2.05, 4.69) is 60.6 Å². The molecule has 0 radical (unpaired) electrons. The lowest BCUT2D eigenvalue weighted by molar-refractivity contribution is 0.132. The molecule has 4 nitrogen and oxygen atoms in total. The summed E-state index contributed by atoms with van der Waals surface area (Å²) in [5.41, 5.74) is 14.3. The first-order chi connectivity index (χ1) is 16.8. The summed E-state index contributed by atoms with van der Waals surface area (Å²) in [5, 5.41) is 0.609. The number of rotatable bonds is 7. The number of likely N-dealkylation sites (N-methyl/N-ethyl adjacent to an activating group) is 1. The number of aromatic nitrogens is 1. The highest BCUT2D eigenvalue weighted by atomic mass is 35.5. The van der Waals surface area contributed by atoms with E-state index in [9.17, 15) is 0 Å². The number of nitrogens with zero attached hydrogens (tertiary/aromatic N) is 3. The molecular weight excluding hydrogens is 475 g/mol. The normalized spacial score (nSPS) is 20.3. The van der Waals surface area contributed by atoms with Crippen molar-refractivity contribution >= 4 is 23.2 Å². The molecule has 2 aliphatic rings. The zero-order valence-electron chi connectivity index (χ0n) is 21.0. The molecule has 1 aromatic heterocycles. The van der Waals surface area contributed by atoms with Crippen LogP contribution in [0.3, 0.4) is 0 Å². The Kier molecular flexibility index (Phi) is 8.38. The van der Waals surface area contributed by atoms with Crippen LogP contribution in [0, 0.1) is 6.92 Å². The third-order valence-electron chi connectivity index (χ3n) is 7.25. The smallest absolute Gasteiger partial charge is 0.0712 e. The van der Waals surface area contributed by atoms with Crippen molar-refractivity contribution in [2.24, 2.45) is 5.73 Å². The maximum absolute atomic E-state index is 6.83. The Labute approximate surface area is 220 Å². The van der Waals surface area contributed by atoms with E-state index in [0.29, 0.717) is 5.70 Å². The van der Waals surface area contributed by atoms with Gasteiger partial charge >= 0.3 is 0 Å². The molecule has 1 aliphatic carbocycles. The molecule has 1 unspecified atom stereocenters. The van der Waals surface area contributed by atoms with Crippen LogP contribution in [-0.4, -0.2) is 52.9 Å². The van der Waals surface area contributed by atoms with E-state index >= 15 is 0 Å². The number of allylic oxidation sites excluding steroid dienone is 4. The van der Waals surface area contributed by atoms with Crippen molar-refractivity contribution in [1.82, 2.24) is 14.8 Å². The molecule has 2 atom stereocenters. The van der Waals surface area contributed by atoms with Crippen LogP contribution in [0.1, 0.15) is 43.0 Å². The van der Waals surface area contributed by atoms with Crippen LogP contribution in [0.25, 0.3) is 11.3 Å². The zero-order chi connectivity index (χ0) is 25.1. The molecule has 1 aliphatic heterocycles. The maximum Gasteiger partial charge on any atom is 0.0712 e. The van der Waals surface area contributed by atoms with Gasteiger partial charge in [-0.2, -0.15) is 0 Å². The first-order valence-electron chi connectivity index (χ1n) is 12.4. The van der Waals surface area contributed by atoms with Gasteiger partial charge in [-0.1, -0.05) is 49.4 Å². The number of benzene rings is 1. The van der Waals surface area contributed by atoms with Crippen LogP contribution >= 0.6 is 23.2 Å². The first kappa shape index (κ1) is 26.0. The standard InChI is InChI=1S/C29H36Cl2N4/c1-5-34-12-14-35(15-13-34)18-22-16-26(23-9-7-10-24(30)20(23)3)33-27(17-22)29(21(4)32)28-19(2)8-6-11-25(28)31/h6-10,16-17,25,29H,4-5,11-15,18,32H2,1-3H3/t25-,29?/m1/s1. The molecule has 0 bridgehead atoms. The van der Waals surface area contributed by atoms with Crippen molar-refractivity contribution in [2.45, 2.75) is 45.0 Å². The molecule has 0 saturated carbocycles. The number of halogens is 2. The number of nitrogens with two attached hydrogens (primary N) is 1. The Morgan fingerprint density at radius 2 is 1.89 bits per heavy atom. The monoisotopic (exact) mass is 510 g/mol. The van der Waals surface area contributed by atoms with Crippen molar-refractivity contribution in [1.29, 1.82) is 0 Å². The molecule has 2 N–H and O–H groups in total. The highest BCUT2D eigenvalue weighted by Crippen LogP contribution is 2.39. The second kappa shape index (κ2) is 11.3. The summed E-state index contributed by atoms with van der Waals surface area (Å²) in [6.07, 6.45) is 5.02. The zero-order valence-corrected chi connectivity index (χ0v) is 22.5. The third-order valence-corrected chi connectivity index (χ3v) is 8.07. The van der Waals surface area contributed by atoms with Gasteiger partial charge in [-0.15, -0.1) is 11.6 Å². The number of hydrogen-bond acceptors (Lipinski definition) is 4. The summed E-state index contributed by atoms with van der Waals surface area (Å²) >= 11 is 13.3. The van der Waals surface area contributed by atoms with Crippen LogP contribution in [-0.2, 0) is 6.54 Å². The molecule has 35 heavy (non-hydrogen) atoms. The van der Waals surface area contributed by atoms with E-state index in [-0.39, 0.29) is 11.3 Å². The molecule has 2 heterocycles. The molecule has 186 valence electrons. The Morgan fingerprint density at radius 1 is 1.17 bits per heavy atom. The largest absolute Gasteiger partial charge is 0.402 e. The minimum absolute atomic E-state index is 0.130. The number of pyridine rings is 1. The molecule has 1 fully saturated rings. The SMILES string of the molecule is C=C(N)C(C1=C(C)C=CC[C@H]1Cl)c1cc(CN2CCN(CC)CC2)cc(-c2cccc(Cl)c2C)n1. The minimum Gasteiger partial charge on any atom is -0.402 e. The minimum atomic E-state index is -0.238. The number of hydrogen-bond donors (Lipinski definition) is 1. The van der Waals surface area contributed by atoms with E-state index < -0.39 is 0 Å². The van der Waals surface area contributed by atoms with Gasteiger partial charge in [0, 0.05) is 49.0 Å². The summed E-state index contributed by atoms with van der Waals surface area (Å²) in [6.45, 7) is 16.8. The van der Waals surface area contributed by atoms with Crippen LogP contribution in [0.5, 0.6) is 0 Å². The van der Waals surface area contributed by atoms with Crippen LogP contribution in [0.4, 0.5) is 0 Å². The van der Waals surface area contributed by atoms with Crippen molar-refractivity contribution in [3.8, 4) is 11.3 Å². The summed E-state index contributed by atoms with van der Waals surface area (Å²) in [7, 11) is 0. The van der Waals surface area contributed by atoms with Gasteiger partial charge < -0.3 is 10.6 Å². The van der Waals surface area contributed by atoms with E-state index in [4.69, 9.17) is 33.9 Å². The number of alkyl halides is 1. The Bertz CT molecular complexity index is 1150. The van der Waals surface area contributed by atoms with Gasteiger partial charge in [0.25, 0.3) is 0 Å². The fourth-order valence-corrected chi connectivity index (χ4v) is 5.76. The van der Waals surface area contributed by atoms with Gasteiger partial charge in [-0.05, 0) is 67.3 Å². The van der Waals surface area contributed by atoms with Gasteiger partial charge in [-0.3, -0.25) is 9.88 Å². The molecule has 1 saturated heterocycles. The highest BCUT2D eigenvalue weighted by molar-refractivity contribution is 6.31. The Balaban J connectivity index is 1.80. The lowest BCUT2D eigenvalue weighted by atomic mass is 9.83.